The van der Waals surface area contributed by atoms with Crippen molar-refractivity contribution in [1.82, 2.24) is 4.72 Å². The summed E-state index contributed by atoms with van der Waals surface area (Å²) in [5, 5.41) is 11.1. The summed E-state index contributed by atoms with van der Waals surface area (Å²) in [6.45, 7) is 2.00. The van der Waals surface area contributed by atoms with Crippen molar-refractivity contribution in [3.63, 3.8) is 0 Å². The molecule has 1 aliphatic rings. The molecule has 1 aliphatic heterocycles. The van der Waals surface area contributed by atoms with Gasteiger partial charge in [0.15, 0.2) is 4.90 Å². The van der Waals surface area contributed by atoms with Crippen LogP contribution in [0.25, 0.3) is 0 Å². The van der Waals surface area contributed by atoms with E-state index in [9.17, 15) is 18.5 Å². The lowest BCUT2D eigenvalue weighted by molar-refractivity contribution is -0.387. The third-order valence-corrected chi connectivity index (χ3v) is 7.00. The molecular weight excluding hydrogens is 414 g/mol. The minimum atomic E-state index is -3.96. The number of fused-ring (bicyclic) bond motifs is 1. The van der Waals surface area contributed by atoms with Crippen LogP contribution in [0.5, 0.6) is 0 Å². The van der Waals surface area contributed by atoms with E-state index in [1.54, 1.807) is 0 Å². The van der Waals surface area contributed by atoms with Crippen LogP contribution in [0.2, 0.25) is 0 Å². The minimum absolute atomic E-state index is 0.158. The van der Waals surface area contributed by atoms with Crippen molar-refractivity contribution in [3.05, 3.63) is 99.6 Å². The van der Waals surface area contributed by atoms with Gasteiger partial charge < -0.3 is 4.90 Å². The van der Waals surface area contributed by atoms with Crippen molar-refractivity contribution < 1.29 is 13.3 Å². The zero-order valence-corrected chi connectivity index (χ0v) is 17.7. The summed E-state index contributed by atoms with van der Waals surface area (Å²) in [7, 11) is -3.96. The highest BCUT2D eigenvalue weighted by atomic mass is 32.2. The van der Waals surface area contributed by atoms with Crippen molar-refractivity contribution in [1.29, 1.82) is 0 Å². The van der Waals surface area contributed by atoms with E-state index >= 15 is 0 Å². The van der Waals surface area contributed by atoms with Gasteiger partial charge in [0.05, 0.1) is 4.92 Å². The summed E-state index contributed by atoms with van der Waals surface area (Å²) in [6, 6.07) is 21.9. The third-order valence-electron chi connectivity index (χ3n) is 5.49. The van der Waals surface area contributed by atoms with Crippen LogP contribution in [-0.4, -0.2) is 26.4 Å². The first-order valence-corrected chi connectivity index (χ1v) is 11.6. The SMILES string of the molecule is O=[N+]([O-])c1ccccc1S(=O)(=O)NCCc1ccc(N2CCc3ccccc3C2)cc1. The number of nitro groups is 1. The Hall–Kier alpha value is -3.23. The van der Waals surface area contributed by atoms with E-state index < -0.39 is 20.6 Å². The Balaban J connectivity index is 1.37. The molecule has 4 rings (SSSR count). The Morgan fingerprint density at radius 3 is 2.35 bits per heavy atom. The zero-order valence-electron chi connectivity index (χ0n) is 16.9. The average Bonchev–Trinajstić information content (AvgIpc) is 2.79. The second kappa shape index (κ2) is 8.87. The van der Waals surface area contributed by atoms with Crippen LogP contribution in [0, 0.1) is 10.1 Å². The van der Waals surface area contributed by atoms with Gasteiger partial charge in [-0.2, -0.15) is 0 Å². The van der Waals surface area contributed by atoms with Gasteiger partial charge in [-0.3, -0.25) is 10.1 Å². The van der Waals surface area contributed by atoms with Crippen LogP contribution in [0.15, 0.2) is 77.7 Å². The predicted octanol–water partition coefficient (Wildman–Crippen LogP) is 3.68. The number of hydrogen-bond donors (Lipinski definition) is 1. The number of rotatable bonds is 7. The average molecular weight is 438 g/mol. The molecule has 8 heteroatoms. The van der Waals surface area contributed by atoms with Crippen molar-refractivity contribution in [3.8, 4) is 0 Å². The molecule has 0 bridgehead atoms. The molecule has 0 radical (unpaired) electrons. The van der Waals surface area contributed by atoms with Gasteiger partial charge >= 0.3 is 0 Å². The number of nitro benzene ring substituents is 1. The molecular formula is C23H23N3O4S. The number of benzene rings is 3. The molecule has 1 N–H and O–H groups in total. The van der Waals surface area contributed by atoms with E-state index in [4.69, 9.17) is 0 Å². The number of sulfonamides is 1. The van der Waals surface area contributed by atoms with Gasteiger partial charge in [-0.1, -0.05) is 48.5 Å². The molecule has 0 aromatic heterocycles. The minimum Gasteiger partial charge on any atom is -0.367 e. The van der Waals surface area contributed by atoms with Gasteiger partial charge in [0, 0.05) is 31.4 Å². The Labute approximate surface area is 181 Å². The molecule has 0 atom stereocenters. The Morgan fingerprint density at radius 1 is 0.935 bits per heavy atom. The smallest absolute Gasteiger partial charge is 0.289 e. The molecule has 0 amide bonds. The summed E-state index contributed by atoms with van der Waals surface area (Å²) in [4.78, 5) is 12.4. The lowest BCUT2D eigenvalue weighted by Gasteiger charge is -2.30. The van der Waals surface area contributed by atoms with Gasteiger partial charge in [0.25, 0.3) is 5.69 Å². The summed E-state index contributed by atoms with van der Waals surface area (Å²) >= 11 is 0. The van der Waals surface area contributed by atoms with Crippen LogP contribution < -0.4 is 9.62 Å². The van der Waals surface area contributed by atoms with E-state index in [1.165, 1.54) is 35.4 Å². The zero-order chi connectivity index (χ0) is 21.8. The highest BCUT2D eigenvalue weighted by Gasteiger charge is 2.24. The van der Waals surface area contributed by atoms with Crippen LogP contribution in [0.3, 0.4) is 0 Å². The van der Waals surface area contributed by atoms with Crippen LogP contribution in [0.4, 0.5) is 11.4 Å². The Morgan fingerprint density at radius 2 is 1.61 bits per heavy atom. The first-order valence-electron chi connectivity index (χ1n) is 10.1. The van der Waals surface area contributed by atoms with Crippen LogP contribution >= 0.6 is 0 Å². The van der Waals surface area contributed by atoms with E-state index in [1.807, 2.05) is 12.1 Å². The molecule has 7 nitrogen and oxygen atoms in total. The molecule has 3 aromatic rings. The molecule has 31 heavy (non-hydrogen) atoms. The summed E-state index contributed by atoms with van der Waals surface area (Å²) in [5.41, 5.74) is 4.45. The van der Waals surface area contributed by atoms with Crippen molar-refractivity contribution >= 4 is 21.4 Å². The van der Waals surface area contributed by atoms with E-state index in [0.29, 0.717) is 6.42 Å². The fraction of sp³-hybridized carbons (Fsp3) is 0.217. The fourth-order valence-corrected chi connectivity index (χ4v) is 5.03. The second-order valence-corrected chi connectivity index (χ2v) is 9.21. The Kier molecular flexibility index (Phi) is 6.01. The number of para-hydroxylation sites is 1. The fourth-order valence-electron chi connectivity index (χ4n) is 3.83. The lowest BCUT2D eigenvalue weighted by Crippen LogP contribution is -2.30. The van der Waals surface area contributed by atoms with Crippen LogP contribution in [0.1, 0.15) is 16.7 Å². The quantitative estimate of drug-likeness (QED) is 0.450. The number of hydrogen-bond acceptors (Lipinski definition) is 5. The number of nitrogens with one attached hydrogen (secondary N) is 1. The maximum absolute atomic E-state index is 12.5. The maximum Gasteiger partial charge on any atom is 0.289 e. The molecule has 3 aromatic carbocycles. The molecule has 0 spiro atoms. The highest BCUT2D eigenvalue weighted by Crippen LogP contribution is 2.25. The lowest BCUT2D eigenvalue weighted by atomic mass is 9.99. The van der Waals surface area contributed by atoms with E-state index in [2.05, 4.69) is 46.0 Å². The molecule has 0 saturated carbocycles. The van der Waals surface area contributed by atoms with Crippen molar-refractivity contribution in [2.45, 2.75) is 24.3 Å². The monoisotopic (exact) mass is 437 g/mol. The number of nitrogens with zero attached hydrogens (tertiary/aromatic N) is 2. The summed E-state index contributed by atoms with van der Waals surface area (Å²) < 4.78 is 27.4. The molecule has 0 fully saturated rings. The third kappa shape index (κ3) is 4.76. The normalized spacial score (nSPS) is 13.6. The Bertz CT molecular complexity index is 1190. The summed E-state index contributed by atoms with van der Waals surface area (Å²) in [5.74, 6) is 0. The van der Waals surface area contributed by atoms with Crippen LogP contribution in [-0.2, 0) is 29.4 Å². The highest BCUT2D eigenvalue weighted by molar-refractivity contribution is 7.89. The largest absolute Gasteiger partial charge is 0.367 e. The van der Waals surface area contributed by atoms with Gasteiger partial charge in [0.1, 0.15) is 0 Å². The molecule has 0 saturated heterocycles. The van der Waals surface area contributed by atoms with Crippen molar-refractivity contribution in [2.75, 3.05) is 18.0 Å². The van der Waals surface area contributed by atoms with Gasteiger partial charge in [-0.05, 0) is 47.7 Å². The molecule has 0 aliphatic carbocycles. The van der Waals surface area contributed by atoms with Gasteiger partial charge in [-0.25, -0.2) is 13.1 Å². The summed E-state index contributed by atoms with van der Waals surface area (Å²) in [6.07, 6.45) is 1.51. The van der Waals surface area contributed by atoms with E-state index in [-0.39, 0.29) is 11.4 Å². The molecule has 160 valence electrons. The maximum atomic E-state index is 12.5. The second-order valence-electron chi connectivity index (χ2n) is 7.48. The standard InChI is InChI=1S/C23H23N3O4S/c27-26(28)22-7-3-4-8-23(22)31(29,30)24-15-13-18-9-11-21(12-10-18)25-16-14-19-5-1-2-6-20(19)17-25/h1-12,24H,13-17H2. The molecule has 1 heterocycles. The van der Waals surface area contributed by atoms with Crippen molar-refractivity contribution in [2.24, 2.45) is 0 Å². The first kappa shape index (κ1) is 21.0. The first-order chi connectivity index (χ1) is 14.9. The number of anilines is 1. The van der Waals surface area contributed by atoms with Gasteiger partial charge in [-0.15, -0.1) is 0 Å². The van der Waals surface area contributed by atoms with E-state index in [0.717, 1.165) is 30.8 Å². The topological polar surface area (TPSA) is 92.5 Å². The van der Waals surface area contributed by atoms with Gasteiger partial charge in [0.2, 0.25) is 10.0 Å². The molecule has 0 unspecified atom stereocenters. The predicted molar refractivity (Wildman–Crippen MR) is 120 cm³/mol.